The quantitative estimate of drug-likeness (QED) is 0.815. The van der Waals surface area contributed by atoms with Gasteiger partial charge in [-0.2, -0.15) is 0 Å². The Balaban J connectivity index is 1.85. The van der Waals surface area contributed by atoms with Gasteiger partial charge in [-0.25, -0.2) is 0 Å². The molecule has 1 amide bonds. The molecule has 0 aromatic rings. The van der Waals surface area contributed by atoms with E-state index in [1.807, 2.05) is 4.90 Å². The second kappa shape index (κ2) is 6.53. The van der Waals surface area contributed by atoms with Crippen LogP contribution in [0.15, 0.2) is 0 Å². The van der Waals surface area contributed by atoms with Crippen molar-refractivity contribution in [2.75, 3.05) is 32.7 Å². The normalized spacial score (nSPS) is 27.4. The highest BCUT2D eigenvalue weighted by Crippen LogP contribution is 2.20. The van der Waals surface area contributed by atoms with E-state index in [-0.39, 0.29) is 6.04 Å². The van der Waals surface area contributed by atoms with Crippen LogP contribution in [-0.4, -0.2) is 54.5 Å². The fourth-order valence-corrected chi connectivity index (χ4v) is 3.22. The molecule has 2 aliphatic rings. The fourth-order valence-electron chi connectivity index (χ4n) is 3.22. The number of carbonyl (C=O) groups is 1. The van der Waals surface area contributed by atoms with Crippen LogP contribution in [0.5, 0.6) is 0 Å². The maximum absolute atomic E-state index is 12.2. The van der Waals surface area contributed by atoms with E-state index in [0.717, 1.165) is 32.1 Å². The van der Waals surface area contributed by atoms with Gasteiger partial charge in [0, 0.05) is 38.6 Å². The Bertz CT molecular complexity index is 276. The molecule has 2 fully saturated rings. The van der Waals surface area contributed by atoms with Crippen molar-refractivity contribution in [1.82, 2.24) is 9.80 Å². The van der Waals surface area contributed by atoms with Crippen molar-refractivity contribution in [3.8, 4) is 0 Å². The Morgan fingerprint density at radius 3 is 2.61 bits per heavy atom. The second-order valence-corrected chi connectivity index (χ2v) is 5.92. The number of likely N-dealkylation sites (tertiary alicyclic amines) is 2. The minimum Gasteiger partial charge on any atom is -0.343 e. The molecule has 2 atom stereocenters. The zero-order chi connectivity index (χ0) is 13.0. The van der Waals surface area contributed by atoms with Gasteiger partial charge in [-0.15, -0.1) is 0 Å². The lowest BCUT2D eigenvalue weighted by atomic mass is 9.97. The molecule has 104 valence electrons. The molecule has 0 spiro atoms. The van der Waals surface area contributed by atoms with Crippen molar-refractivity contribution in [3.63, 3.8) is 0 Å². The van der Waals surface area contributed by atoms with Crippen molar-refractivity contribution >= 4 is 5.91 Å². The highest BCUT2D eigenvalue weighted by molar-refractivity contribution is 5.77. The third-order valence-corrected chi connectivity index (χ3v) is 4.35. The summed E-state index contributed by atoms with van der Waals surface area (Å²) in [4.78, 5) is 16.6. The van der Waals surface area contributed by atoms with Crippen LogP contribution < -0.4 is 5.73 Å². The van der Waals surface area contributed by atoms with Crippen molar-refractivity contribution in [2.45, 2.75) is 45.1 Å². The summed E-state index contributed by atoms with van der Waals surface area (Å²) >= 11 is 0. The fraction of sp³-hybridized carbons (Fsp3) is 0.929. The lowest BCUT2D eigenvalue weighted by molar-refractivity contribution is -0.131. The first kappa shape index (κ1) is 13.8. The Morgan fingerprint density at radius 1 is 1.28 bits per heavy atom. The van der Waals surface area contributed by atoms with E-state index in [4.69, 9.17) is 5.73 Å². The number of nitrogens with two attached hydrogens (primary N) is 1. The average molecular weight is 253 g/mol. The van der Waals surface area contributed by atoms with Gasteiger partial charge in [0.25, 0.3) is 0 Å². The first-order valence-corrected chi connectivity index (χ1v) is 7.42. The molecule has 2 saturated heterocycles. The molecular formula is C14H27N3O. The zero-order valence-corrected chi connectivity index (χ0v) is 11.6. The maximum Gasteiger partial charge on any atom is 0.224 e. The Kier molecular flexibility index (Phi) is 5.01. The Labute approximate surface area is 110 Å². The monoisotopic (exact) mass is 253 g/mol. The maximum atomic E-state index is 12.2. The molecule has 0 aromatic carbocycles. The SMILES string of the molecule is CC1CCCN(C(CN)CC(=O)N2CCCC2)C1. The molecule has 0 saturated carbocycles. The Hall–Kier alpha value is -0.610. The van der Waals surface area contributed by atoms with Gasteiger partial charge in [0.1, 0.15) is 0 Å². The standard InChI is InChI=1S/C14H27N3O/c1-12-5-4-8-17(11-12)13(10-15)9-14(18)16-6-2-3-7-16/h12-13H,2-11,15H2,1H3. The third kappa shape index (κ3) is 3.45. The first-order chi connectivity index (χ1) is 8.70. The molecule has 18 heavy (non-hydrogen) atoms. The molecule has 4 nitrogen and oxygen atoms in total. The van der Waals surface area contributed by atoms with Gasteiger partial charge in [0.05, 0.1) is 0 Å². The summed E-state index contributed by atoms with van der Waals surface area (Å²) in [5.74, 6) is 1.05. The van der Waals surface area contributed by atoms with Gasteiger partial charge in [-0.05, 0) is 38.1 Å². The molecule has 0 radical (unpaired) electrons. The van der Waals surface area contributed by atoms with Crippen molar-refractivity contribution < 1.29 is 4.79 Å². The molecule has 2 aliphatic heterocycles. The van der Waals surface area contributed by atoms with Gasteiger partial charge in [0.2, 0.25) is 5.91 Å². The van der Waals surface area contributed by atoms with E-state index in [0.29, 0.717) is 18.9 Å². The zero-order valence-electron chi connectivity index (χ0n) is 11.6. The molecule has 2 unspecified atom stereocenters. The molecule has 2 N–H and O–H groups in total. The summed E-state index contributed by atoms with van der Waals surface area (Å²) in [6.45, 7) is 7.02. The van der Waals surface area contributed by atoms with Crippen LogP contribution in [0.1, 0.15) is 39.0 Å². The number of nitrogens with zero attached hydrogens (tertiary/aromatic N) is 2. The molecule has 4 heteroatoms. The van der Waals surface area contributed by atoms with E-state index in [2.05, 4.69) is 11.8 Å². The molecule has 0 aliphatic carbocycles. The van der Waals surface area contributed by atoms with Gasteiger partial charge >= 0.3 is 0 Å². The van der Waals surface area contributed by atoms with Crippen LogP contribution in [0.3, 0.4) is 0 Å². The van der Waals surface area contributed by atoms with Crippen LogP contribution in [-0.2, 0) is 4.79 Å². The van der Waals surface area contributed by atoms with Crippen molar-refractivity contribution in [2.24, 2.45) is 11.7 Å². The molecule has 2 heterocycles. The predicted molar refractivity (Wildman–Crippen MR) is 73.2 cm³/mol. The number of hydrogen-bond acceptors (Lipinski definition) is 3. The van der Waals surface area contributed by atoms with Gasteiger partial charge < -0.3 is 10.6 Å². The average Bonchev–Trinajstić information content (AvgIpc) is 2.89. The summed E-state index contributed by atoms with van der Waals surface area (Å²) in [7, 11) is 0. The number of piperidine rings is 1. The lowest BCUT2D eigenvalue weighted by Gasteiger charge is -2.37. The van der Waals surface area contributed by atoms with Crippen LogP contribution in [0.4, 0.5) is 0 Å². The van der Waals surface area contributed by atoms with Gasteiger partial charge in [-0.1, -0.05) is 6.92 Å². The van der Waals surface area contributed by atoms with E-state index >= 15 is 0 Å². The van der Waals surface area contributed by atoms with E-state index < -0.39 is 0 Å². The lowest BCUT2D eigenvalue weighted by Crippen LogP contribution is -2.48. The predicted octanol–water partition coefficient (Wildman–Crippen LogP) is 1.06. The van der Waals surface area contributed by atoms with Crippen LogP contribution >= 0.6 is 0 Å². The number of hydrogen-bond donors (Lipinski definition) is 1. The minimum absolute atomic E-state index is 0.251. The summed E-state index contributed by atoms with van der Waals surface area (Å²) in [6.07, 6.45) is 5.51. The summed E-state index contributed by atoms with van der Waals surface area (Å²) < 4.78 is 0. The highest BCUT2D eigenvalue weighted by atomic mass is 16.2. The molecule has 0 aromatic heterocycles. The Morgan fingerprint density at radius 2 is 2.00 bits per heavy atom. The topological polar surface area (TPSA) is 49.6 Å². The van der Waals surface area contributed by atoms with Crippen LogP contribution in [0, 0.1) is 5.92 Å². The minimum atomic E-state index is 0.251. The van der Waals surface area contributed by atoms with Crippen molar-refractivity contribution in [1.29, 1.82) is 0 Å². The molecule has 2 rings (SSSR count). The van der Waals surface area contributed by atoms with E-state index in [9.17, 15) is 4.79 Å². The van der Waals surface area contributed by atoms with Gasteiger partial charge in [-0.3, -0.25) is 9.69 Å². The molecular weight excluding hydrogens is 226 g/mol. The summed E-state index contributed by atoms with van der Waals surface area (Å²) in [6, 6.07) is 0.251. The number of amides is 1. The first-order valence-electron chi connectivity index (χ1n) is 7.42. The number of rotatable bonds is 4. The second-order valence-electron chi connectivity index (χ2n) is 5.92. The largest absolute Gasteiger partial charge is 0.343 e. The van der Waals surface area contributed by atoms with E-state index in [1.165, 1.54) is 25.7 Å². The van der Waals surface area contributed by atoms with Gasteiger partial charge in [0.15, 0.2) is 0 Å². The van der Waals surface area contributed by atoms with Crippen molar-refractivity contribution in [3.05, 3.63) is 0 Å². The highest BCUT2D eigenvalue weighted by Gasteiger charge is 2.27. The van der Waals surface area contributed by atoms with E-state index in [1.54, 1.807) is 0 Å². The summed E-state index contributed by atoms with van der Waals surface area (Å²) in [5.41, 5.74) is 5.88. The number of carbonyl (C=O) groups excluding carboxylic acids is 1. The summed E-state index contributed by atoms with van der Waals surface area (Å²) in [5, 5.41) is 0. The van der Waals surface area contributed by atoms with Crippen LogP contribution in [0.25, 0.3) is 0 Å². The third-order valence-electron chi connectivity index (χ3n) is 4.35. The molecule has 0 bridgehead atoms. The van der Waals surface area contributed by atoms with Crippen LogP contribution in [0.2, 0.25) is 0 Å². The smallest absolute Gasteiger partial charge is 0.224 e.